The van der Waals surface area contributed by atoms with E-state index in [2.05, 4.69) is 121 Å². The molecule has 6 aromatic rings. The average Bonchev–Trinajstić information content (AvgIpc) is 3.07. The van der Waals surface area contributed by atoms with Crippen LogP contribution in [0.5, 0.6) is 0 Å². The van der Waals surface area contributed by atoms with E-state index in [-0.39, 0.29) is 0 Å². The van der Waals surface area contributed by atoms with Gasteiger partial charge in [0.25, 0.3) is 0 Å². The number of aryl methyl sites for hydroxylation is 2. The lowest BCUT2D eigenvalue weighted by Gasteiger charge is -2.30. The molecule has 6 aromatic carbocycles. The van der Waals surface area contributed by atoms with Gasteiger partial charge in [-0.3, -0.25) is 0 Å². The smallest absolute Gasteiger partial charge is 0.0372 e. The second-order valence-corrected chi connectivity index (χ2v) is 13.2. The fourth-order valence-electron chi connectivity index (χ4n) is 7.99. The minimum absolute atomic E-state index is 1.15. The minimum Gasteiger partial charge on any atom is -0.372 e. The summed E-state index contributed by atoms with van der Waals surface area (Å²) in [7, 11) is 0. The van der Waals surface area contributed by atoms with Crippen LogP contribution in [0.4, 0.5) is 11.4 Å². The van der Waals surface area contributed by atoms with E-state index < -0.39 is 0 Å². The van der Waals surface area contributed by atoms with E-state index in [1.54, 1.807) is 0 Å². The van der Waals surface area contributed by atoms with Gasteiger partial charge in [-0.05, 0) is 137 Å². The maximum Gasteiger partial charge on any atom is 0.0372 e. The van der Waals surface area contributed by atoms with Gasteiger partial charge >= 0.3 is 0 Å². The van der Waals surface area contributed by atoms with Gasteiger partial charge < -0.3 is 9.80 Å². The van der Waals surface area contributed by atoms with Crippen LogP contribution in [0.1, 0.15) is 49.7 Å². The van der Waals surface area contributed by atoms with Gasteiger partial charge in [0.05, 0.1) is 0 Å². The first-order valence-corrected chi connectivity index (χ1v) is 16.7. The zero-order valence-corrected chi connectivity index (χ0v) is 26.2. The molecule has 0 amide bonds. The van der Waals surface area contributed by atoms with Crippen LogP contribution in [-0.2, 0) is 0 Å². The van der Waals surface area contributed by atoms with Crippen LogP contribution < -0.4 is 9.80 Å². The van der Waals surface area contributed by atoms with E-state index in [9.17, 15) is 0 Å². The first-order valence-electron chi connectivity index (χ1n) is 16.7. The largest absolute Gasteiger partial charge is 0.372 e. The molecule has 220 valence electrons. The van der Waals surface area contributed by atoms with Crippen LogP contribution in [-0.4, -0.2) is 26.2 Å². The van der Waals surface area contributed by atoms with Gasteiger partial charge in [-0.2, -0.15) is 0 Å². The molecule has 2 heteroatoms. The van der Waals surface area contributed by atoms with Crippen molar-refractivity contribution in [1.29, 1.82) is 0 Å². The molecule has 0 aromatic heterocycles. The Morgan fingerprint density at radius 3 is 1.50 bits per heavy atom. The van der Waals surface area contributed by atoms with Crippen molar-refractivity contribution in [1.82, 2.24) is 0 Å². The van der Waals surface area contributed by atoms with Gasteiger partial charge in [-0.25, -0.2) is 0 Å². The van der Waals surface area contributed by atoms with Gasteiger partial charge in [0.1, 0.15) is 0 Å². The fourth-order valence-corrected chi connectivity index (χ4v) is 7.99. The lowest BCUT2D eigenvalue weighted by atomic mass is 9.84. The molecule has 2 saturated heterocycles. The second-order valence-electron chi connectivity index (χ2n) is 13.2. The van der Waals surface area contributed by atoms with Crippen molar-refractivity contribution in [2.24, 2.45) is 0 Å². The highest BCUT2D eigenvalue weighted by Gasteiger charge is 2.21. The third-order valence-corrected chi connectivity index (χ3v) is 10.1. The number of anilines is 2. The third-order valence-electron chi connectivity index (χ3n) is 10.1. The average molecular weight is 575 g/mol. The summed E-state index contributed by atoms with van der Waals surface area (Å²) in [6.07, 6.45) is 7.80. The zero-order valence-electron chi connectivity index (χ0n) is 26.2. The Balaban J connectivity index is 1.48. The number of fused-ring (bicyclic) bond motifs is 3. The monoisotopic (exact) mass is 574 g/mol. The van der Waals surface area contributed by atoms with E-state index in [0.29, 0.717) is 0 Å². The van der Waals surface area contributed by atoms with Crippen LogP contribution in [0.3, 0.4) is 0 Å². The van der Waals surface area contributed by atoms with Gasteiger partial charge in [-0.1, -0.05) is 77.9 Å². The Kier molecular flexibility index (Phi) is 7.02. The molecule has 2 aliphatic rings. The van der Waals surface area contributed by atoms with Crippen molar-refractivity contribution in [2.75, 3.05) is 36.0 Å². The summed E-state index contributed by atoms with van der Waals surface area (Å²) >= 11 is 0. The first kappa shape index (κ1) is 27.3. The molecular formula is C42H42N2. The normalized spacial score (nSPS) is 15.9. The lowest BCUT2D eigenvalue weighted by Crippen LogP contribution is -2.29. The van der Waals surface area contributed by atoms with Crippen LogP contribution in [0, 0.1) is 13.8 Å². The molecule has 0 radical (unpaired) electrons. The highest BCUT2D eigenvalue weighted by atomic mass is 15.1. The second kappa shape index (κ2) is 11.3. The Morgan fingerprint density at radius 2 is 0.932 bits per heavy atom. The molecule has 0 saturated carbocycles. The van der Waals surface area contributed by atoms with Gasteiger partial charge in [0.15, 0.2) is 0 Å². The number of piperidine rings is 2. The summed E-state index contributed by atoms with van der Waals surface area (Å²) in [4.78, 5) is 5.21. The summed E-state index contributed by atoms with van der Waals surface area (Å²) in [5, 5.41) is 8.00. The van der Waals surface area contributed by atoms with Crippen molar-refractivity contribution in [3.8, 4) is 22.3 Å². The summed E-state index contributed by atoms with van der Waals surface area (Å²) in [6.45, 7) is 9.06. The standard InChI is InChI=1S/C42H42N2/c1-29-23-30(2)25-34(24-29)42-38-18-16-35(43-19-7-3-8-20-43)27-39(38)41(33-14-13-31-11-5-6-12-32(31)26-33)37-17-15-36(28-40(37)42)44-21-9-4-10-22-44/h5-6,11-18,23-28H,3-4,7-10,19-22H2,1-2H3. The number of hydrogen-bond donors (Lipinski definition) is 0. The van der Waals surface area contributed by atoms with Crippen LogP contribution >= 0.6 is 0 Å². The SMILES string of the molecule is Cc1cc(C)cc(-c2c3ccc(N4CCCCC4)cc3c(-c3ccc4ccccc4c3)c3ccc(N4CCCCC4)cc23)c1. The molecule has 0 unspecified atom stereocenters. The van der Waals surface area contributed by atoms with Crippen molar-refractivity contribution in [2.45, 2.75) is 52.4 Å². The number of rotatable bonds is 4. The number of hydrogen-bond acceptors (Lipinski definition) is 2. The molecule has 0 bridgehead atoms. The molecule has 8 rings (SSSR count). The predicted octanol–water partition coefficient (Wildman–Crippen LogP) is 11.1. The Morgan fingerprint density at radius 1 is 0.409 bits per heavy atom. The summed E-state index contributed by atoms with van der Waals surface area (Å²) < 4.78 is 0. The predicted molar refractivity (Wildman–Crippen MR) is 191 cm³/mol. The minimum atomic E-state index is 1.15. The molecule has 44 heavy (non-hydrogen) atoms. The summed E-state index contributed by atoms with van der Waals surface area (Å²) in [5.41, 5.74) is 10.7. The molecule has 2 nitrogen and oxygen atoms in total. The molecule has 2 heterocycles. The first-order chi connectivity index (χ1) is 21.6. The van der Waals surface area contributed by atoms with Crippen LogP contribution in [0.2, 0.25) is 0 Å². The molecule has 0 spiro atoms. The quantitative estimate of drug-likeness (QED) is 0.193. The van der Waals surface area contributed by atoms with E-state index in [0.717, 1.165) is 26.2 Å². The highest BCUT2D eigenvalue weighted by molar-refractivity contribution is 6.22. The summed E-state index contributed by atoms with van der Waals surface area (Å²) in [5.74, 6) is 0. The van der Waals surface area contributed by atoms with Gasteiger partial charge in [0, 0.05) is 37.6 Å². The molecule has 0 N–H and O–H groups in total. The molecule has 0 atom stereocenters. The molecular weight excluding hydrogens is 532 g/mol. The maximum atomic E-state index is 2.60. The molecule has 0 aliphatic carbocycles. The Hall–Kier alpha value is -4.30. The van der Waals surface area contributed by atoms with E-state index in [1.165, 1.54) is 116 Å². The third kappa shape index (κ3) is 4.91. The number of nitrogens with zero attached hydrogens (tertiary/aromatic N) is 2. The Labute approximate surface area is 261 Å². The summed E-state index contributed by atoms with van der Waals surface area (Å²) in [6, 6.07) is 37.6. The highest BCUT2D eigenvalue weighted by Crippen LogP contribution is 2.46. The Bertz CT molecular complexity index is 1990. The lowest BCUT2D eigenvalue weighted by molar-refractivity contribution is 0.578. The van der Waals surface area contributed by atoms with E-state index in [1.807, 2.05) is 0 Å². The maximum absolute atomic E-state index is 2.60. The van der Waals surface area contributed by atoms with Crippen molar-refractivity contribution < 1.29 is 0 Å². The van der Waals surface area contributed by atoms with Crippen molar-refractivity contribution in [3.05, 3.63) is 108 Å². The van der Waals surface area contributed by atoms with Crippen LogP contribution in [0.15, 0.2) is 97.1 Å². The van der Waals surface area contributed by atoms with E-state index >= 15 is 0 Å². The fraction of sp³-hybridized carbons (Fsp3) is 0.286. The van der Waals surface area contributed by atoms with Gasteiger partial charge in [0.2, 0.25) is 0 Å². The van der Waals surface area contributed by atoms with Crippen molar-refractivity contribution >= 4 is 43.7 Å². The van der Waals surface area contributed by atoms with Crippen molar-refractivity contribution in [3.63, 3.8) is 0 Å². The zero-order chi connectivity index (χ0) is 29.6. The molecule has 2 fully saturated rings. The van der Waals surface area contributed by atoms with E-state index in [4.69, 9.17) is 0 Å². The topological polar surface area (TPSA) is 6.48 Å². The number of benzene rings is 6. The molecule has 2 aliphatic heterocycles. The van der Waals surface area contributed by atoms with Crippen LogP contribution in [0.25, 0.3) is 54.6 Å². The van der Waals surface area contributed by atoms with Gasteiger partial charge in [-0.15, -0.1) is 0 Å².